The molecule has 4 heteroatoms. The largest absolute Gasteiger partial charge is 0.489 e. The summed E-state index contributed by atoms with van der Waals surface area (Å²) in [6.45, 7) is 7.41. The molecule has 1 unspecified atom stereocenters. The third-order valence-corrected chi connectivity index (χ3v) is 4.37. The second-order valence-corrected chi connectivity index (χ2v) is 7.32. The lowest BCUT2D eigenvalue weighted by Gasteiger charge is -2.41. The molecule has 132 valence electrons. The molecule has 25 heavy (non-hydrogen) atoms. The fourth-order valence-electron chi connectivity index (χ4n) is 2.94. The Morgan fingerprint density at radius 3 is 2.40 bits per heavy atom. The molecular formula is C21H25NO3. The van der Waals surface area contributed by atoms with Crippen LogP contribution in [0.5, 0.6) is 5.75 Å². The van der Waals surface area contributed by atoms with Crippen molar-refractivity contribution in [3.63, 3.8) is 0 Å². The van der Waals surface area contributed by atoms with Crippen LogP contribution in [0.15, 0.2) is 54.6 Å². The van der Waals surface area contributed by atoms with E-state index in [0.29, 0.717) is 13.2 Å². The van der Waals surface area contributed by atoms with Crippen molar-refractivity contribution in [3.05, 3.63) is 65.7 Å². The van der Waals surface area contributed by atoms with Crippen molar-refractivity contribution < 1.29 is 14.3 Å². The Hall–Kier alpha value is -2.33. The number of morpholine rings is 1. The molecule has 0 N–H and O–H groups in total. The number of carbonyl (C=O) groups is 1. The van der Waals surface area contributed by atoms with E-state index in [2.05, 4.69) is 0 Å². The zero-order valence-corrected chi connectivity index (χ0v) is 15.1. The van der Waals surface area contributed by atoms with Gasteiger partial charge in [0, 0.05) is 5.54 Å². The highest BCUT2D eigenvalue weighted by molar-refractivity contribution is 5.79. The van der Waals surface area contributed by atoms with Crippen LogP contribution in [0.1, 0.15) is 38.0 Å². The molecule has 4 nitrogen and oxygen atoms in total. The second-order valence-electron chi connectivity index (χ2n) is 7.32. The first-order valence-electron chi connectivity index (χ1n) is 8.62. The van der Waals surface area contributed by atoms with E-state index in [9.17, 15) is 4.79 Å². The molecule has 0 saturated carbocycles. The maximum absolute atomic E-state index is 12.1. The first kappa shape index (κ1) is 17.5. The predicted molar refractivity (Wildman–Crippen MR) is 97.4 cm³/mol. The van der Waals surface area contributed by atoms with Gasteiger partial charge in [-0.15, -0.1) is 0 Å². The smallest absolute Gasteiger partial charge is 0.249 e. The number of carbonyl (C=O) groups excluding carboxylic acids is 1. The Labute approximate surface area is 149 Å². The summed E-state index contributed by atoms with van der Waals surface area (Å²) < 4.78 is 11.6. The molecule has 1 aliphatic heterocycles. The van der Waals surface area contributed by atoms with Gasteiger partial charge in [0.25, 0.3) is 0 Å². The van der Waals surface area contributed by atoms with E-state index in [1.54, 1.807) is 0 Å². The van der Waals surface area contributed by atoms with Crippen LogP contribution < -0.4 is 4.74 Å². The van der Waals surface area contributed by atoms with Crippen LogP contribution in [-0.4, -0.2) is 29.5 Å². The first-order chi connectivity index (χ1) is 11.9. The standard InChI is InChI=1S/C21H25NO3/c1-21(2,3)22-13-19(25-15-20(22)23)17-9-11-18(12-10-17)24-14-16-7-5-4-6-8-16/h4-12,19H,13-15H2,1-3H3. The van der Waals surface area contributed by atoms with Crippen molar-refractivity contribution in [1.29, 1.82) is 0 Å². The minimum absolute atomic E-state index is 0.0477. The first-order valence-corrected chi connectivity index (χ1v) is 8.62. The second kappa shape index (κ2) is 7.28. The minimum atomic E-state index is -0.197. The SMILES string of the molecule is CC(C)(C)N1CC(c2ccc(OCc3ccccc3)cc2)OCC1=O. The molecule has 0 spiro atoms. The van der Waals surface area contributed by atoms with Crippen LogP contribution >= 0.6 is 0 Å². The Bertz CT molecular complexity index is 704. The van der Waals surface area contributed by atoms with Crippen LogP contribution in [0.4, 0.5) is 0 Å². The summed E-state index contributed by atoms with van der Waals surface area (Å²) in [6, 6.07) is 18.0. The molecule has 2 aromatic rings. The molecule has 0 aromatic heterocycles. The van der Waals surface area contributed by atoms with Gasteiger partial charge in [-0.25, -0.2) is 0 Å². The van der Waals surface area contributed by atoms with Gasteiger partial charge in [-0.3, -0.25) is 4.79 Å². The summed E-state index contributed by atoms with van der Waals surface area (Å²) >= 11 is 0. The van der Waals surface area contributed by atoms with Crippen molar-refractivity contribution in [2.24, 2.45) is 0 Å². The van der Waals surface area contributed by atoms with Gasteiger partial charge in [0.15, 0.2) is 0 Å². The molecule has 1 amide bonds. The van der Waals surface area contributed by atoms with E-state index in [-0.39, 0.29) is 24.2 Å². The zero-order chi connectivity index (χ0) is 17.9. The van der Waals surface area contributed by atoms with E-state index in [1.165, 1.54) is 0 Å². The van der Waals surface area contributed by atoms with Crippen LogP contribution in [0.25, 0.3) is 0 Å². The quantitative estimate of drug-likeness (QED) is 0.846. The van der Waals surface area contributed by atoms with E-state index < -0.39 is 0 Å². The fraction of sp³-hybridized carbons (Fsp3) is 0.381. The molecule has 3 rings (SSSR count). The lowest BCUT2D eigenvalue weighted by molar-refractivity contribution is -0.156. The lowest BCUT2D eigenvalue weighted by Crippen LogP contribution is -2.52. The van der Waals surface area contributed by atoms with E-state index in [4.69, 9.17) is 9.47 Å². The van der Waals surface area contributed by atoms with Gasteiger partial charge >= 0.3 is 0 Å². The molecule has 1 saturated heterocycles. The summed E-state index contributed by atoms with van der Waals surface area (Å²) in [6.07, 6.45) is -0.0971. The topological polar surface area (TPSA) is 38.8 Å². The molecule has 0 aliphatic carbocycles. The Morgan fingerprint density at radius 2 is 1.76 bits per heavy atom. The third kappa shape index (κ3) is 4.40. The van der Waals surface area contributed by atoms with Gasteiger partial charge in [0.05, 0.1) is 6.54 Å². The van der Waals surface area contributed by atoms with Crippen molar-refractivity contribution in [3.8, 4) is 5.75 Å². The van der Waals surface area contributed by atoms with Gasteiger partial charge in [-0.2, -0.15) is 0 Å². The highest BCUT2D eigenvalue weighted by atomic mass is 16.5. The molecule has 1 fully saturated rings. The maximum atomic E-state index is 12.1. The molecule has 1 heterocycles. The van der Waals surface area contributed by atoms with Gasteiger partial charge < -0.3 is 14.4 Å². The van der Waals surface area contributed by atoms with Crippen LogP contribution in [0, 0.1) is 0 Å². The third-order valence-electron chi connectivity index (χ3n) is 4.37. The monoisotopic (exact) mass is 339 g/mol. The van der Waals surface area contributed by atoms with Crippen LogP contribution in [-0.2, 0) is 16.1 Å². The zero-order valence-electron chi connectivity index (χ0n) is 15.1. The number of benzene rings is 2. The van der Waals surface area contributed by atoms with E-state index >= 15 is 0 Å². The van der Waals surface area contributed by atoms with Gasteiger partial charge in [-0.05, 0) is 44.0 Å². The van der Waals surface area contributed by atoms with Crippen molar-refractivity contribution in [2.75, 3.05) is 13.2 Å². The number of nitrogens with zero attached hydrogens (tertiary/aromatic N) is 1. The predicted octanol–water partition coefficient (Wildman–Crippen LogP) is 3.96. The Balaban J connectivity index is 1.63. The van der Waals surface area contributed by atoms with E-state index in [1.807, 2.05) is 80.3 Å². The molecule has 1 aliphatic rings. The normalized spacial score (nSPS) is 18.3. The average molecular weight is 339 g/mol. The Morgan fingerprint density at radius 1 is 1.08 bits per heavy atom. The average Bonchev–Trinajstić information content (AvgIpc) is 2.61. The summed E-state index contributed by atoms with van der Waals surface area (Å²) in [5.74, 6) is 0.874. The highest BCUT2D eigenvalue weighted by Crippen LogP contribution is 2.28. The highest BCUT2D eigenvalue weighted by Gasteiger charge is 2.34. The number of rotatable bonds is 4. The maximum Gasteiger partial charge on any atom is 0.249 e. The molecule has 2 aromatic carbocycles. The van der Waals surface area contributed by atoms with Gasteiger partial charge in [0.1, 0.15) is 25.1 Å². The molecule has 1 atom stereocenters. The summed E-state index contributed by atoms with van der Waals surface area (Å²) in [4.78, 5) is 14.0. The van der Waals surface area contributed by atoms with Crippen LogP contribution in [0.3, 0.4) is 0 Å². The van der Waals surface area contributed by atoms with Crippen LogP contribution in [0.2, 0.25) is 0 Å². The van der Waals surface area contributed by atoms with Gasteiger partial charge in [0.2, 0.25) is 5.91 Å². The van der Waals surface area contributed by atoms with Crippen molar-refractivity contribution in [2.45, 2.75) is 39.0 Å². The van der Waals surface area contributed by atoms with E-state index in [0.717, 1.165) is 16.9 Å². The Kier molecular flexibility index (Phi) is 5.09. The summed E-state index contributed by atoms with van der Waals surface area (Å²) in [5.41, 5.74) is 2.01. The number of ether oxygens (including phenoxy) is 2. The summed E-state index contributed by atoms with van der Waals surface area (Å²) in [5, 5.41) is 0. The number of hydrogen-bond acceptors (Lipinski definition) is 3. The molecular weight excluding hydrogens is 314 g/mol. The lowest BCUT2D eigenvalue weighted by atomic mass is 10.0. The molecule has 0 bridgehead atoms. The van der Waals surface area contributed by atoms with Crippen molar-refractivity contribution >= 4 is 5.91 Å². The minimum Gasteiger partial charge on any atom is -0.489 e. The van der Waals surface area contributed by atoms with Crippen molar-refractivity contribution in [1.82, 2.24) is 4.90 Å². The number of hydrogen-bond donors (Lipinski definition) is 0. The van der Waals surface area contributed by atoms with Gasteiger partial charge in [-0.1, -0.05) is 42.5 Å². The molecule has 0 radical (unpaired) electrons. The number of amides is 1. The fourth-order valence-corrected chi connectivity index (χ4v) is 2.94. The summed E-state index contributed by atoms with van der Waals surface area (Å²) in [7, 11) is 0.